The Kier molecular flexibility index (Phi) is 5.96. The van der Waals surface area contributed by atoms with Gasteiger partial charge in [0.25, 0.3) is 0 Å². The summed E-state index contributed by atoms with van der Waals surface area (Å²) in [7, 11) is 1.29. The zero-order chi connectivity index (χ0) is 25.4. The predicted molar refractivity (Wildman–Crippen MR) is 145 cm³/mol. The summed E-state index contributed by atoms with van der Waals surface area (Å²) in [6.45, 7) is 0.609. The number of hydrogen-bond donors (Lipinski definition) is 2. The first-order valence-electron chi connectivity index (χ1n) is 12.6. The van der Waals surface area contributed by atoms with Crippen LogP contribution in [0.1, 0.15) is 30.1 Å². The second-order valence-electron chi connectivity index (χ2n) is 9.55. The standard InChI is InChI=1S/C30H28N4O3/c1-37-30(36)32-18-29(35)34-14-2-3-28(34)27-17-24-15-22(10-11-25(24)33-27)19-4-6-20(7-5-19)23-9-8-21-12-13-31-26(21)16-23/h4-11,13,15-17,28,33H,2-3,12,14,18H2,1H3,(H,32,36). The predicted octanol–water partition coefficient (Wildman–Crippen LogP) is 5.78. The maximum atomic E-state index is 12.7. The molecule has 4 aromatic rings. The maximum Gasteiger partial charge on any atom is 0.407 e. The Morgan fingerprint density at radius 1 is 1.00 bits per heavy atom. The Morgan fingerprint density at radius 2 is 1.73 bits per heavy atom. The van der Waals surface area contributed by atoms with E-state index in [1.807, 2.05) is 11.1 Å². The molecular formula is C30H28N4O3. The van der Waals surface area contributed by atoms with Gasteiger partial charge in [0.2, 0.25) is 5.91 Å². The normalized spacial score (nSPS) is 16.2. The Balaban J connectivity index is 1.21. The molecule has 1 fully saturated rings. The van der Waals surface area contributed by atoms with Gasteiger partial charge in [0, 0.05) is 35.8 Å². The zero-order valence-electron chi connectivity index (χ0n) is 20.7. The van der Waals surface area contributed by atoms with Gasteiger partial charge in [-0.05, 0) is 64.9 Å². The van der Waals surface area contributed by atoms with Crippen molar-refractivity contribution in [2.45, 2.75) is 25.3 Å². The zero-order valence-corrected chi connectivity index (χ0v) is 20.7. The van der Waals surface area contributed by atoms with Crippen molar-refractivity contribution >= 4 is 34.8 Å². The van der Waals surface area contributed by atoms with E-state index >= 15 is 0 Å². The molecule has 7 nitrogen and oxygen atoms in total. The van der Waals surface area contributed by atoms with E-state index < -0.39 is 6.09 Å². The molecule has 1 aromatic heterocycles. The quantitative estimate of drug-likeness (QED) is 0.370. The molecule has 6 rings (SSSR count). The van der Waals surface area contributed by atoms with Crippen molar-refractivity contribution in [2.75, 3.05) is 20.2 Å². The maximum absolute atomic E-state index is 12.7. The Hall–Kier alpha value is -4.39. The van der Waals surface area contributed by atoms with Gasteiger partial charge in [0.05, 0.1) is 18.8 Å². The SMILES string of the molecule is COC(=O)NCC(=O)N1CCCC1c1cc2cc(-c3ccc(-c4ccc5c(c4)N=CC5)cc3)ccc2[nH]1. The lowest BCUT2D eigenvalue weighted by molar-refractivity contribution is -0.131. The molecule has 37 heavy (non-hydrogen) atoms. The number of aromatic nitrogens is 1. The highest BCUT2D eigenvalue weighted by atomic mass is 16.5. The second-order valence-corrected chi connectivity index (χ2v) is 9.55. The summed E-state index contributed by atoms with van der Waals surface area (Å²) < 4.78 is 4.58. The minimum atomic E-state index is -0.600. The first-order valence-corrected chi connectivity index (χ1v) is 12.6. The molecule has 2 N–H and O–H groups in total. The summed E-state index contributed by atoms with van der Waals surface area (Å²) >= 11 is 0. The third kappa shape index (κ3) is 4.48. The van der Waals surface area contributed by atoms with E-state index in [9.17, 15) is 9.59 Å². The average Bonchev–Trinajstić information content (AvgIpc) is 3.69. The summed E-state index contributed by atoms with van der Waals surface area (Å²) in [6, 6.07) is 23.6. The summed E-state index contributed by atoms with van der Waals surface area (Å²) in [5.41, 5.74) is 9.05. The average molecular weight is 493 g/mol. The van der Waals surface area contributed by atoms with E-state index in [0.717, 1.165) is 52.7 Å². The van der Waals surface area contributed by atoms with E-state index in [1.165, 1.54) is 23.8 Å². The van der Waals surface area contributed by atoms with Crippen LogP contribution < -0.4 is 5.32 Å². The number of carbonyl (C=O) groups is 2. The van der Waals surface area contributed by atoms with Crippen LogP contribution in [-0.2, 0) is 16.0 Å². The van der Waals surface area contributed by atoms with E-state index in [1.54, 1.807) is 0 Å². The molecular weight excluding hydrogens is 464 g/mol. The number of ether oxygens (including phenoxy) is 1. The Labute approximate surface area is 215 Å². The molecule has 0 aliphatic carbocycles. The smallest absolute Gasteiger partial charge is 0.407 e. The number of nitrogens with one attached hydrogen (secondary N) is 2. The van der Waals surface area contributed by atoms with Crippen LogP contribution in [-0.4, -0.2) is 48.3 Å². The highest BCUT2D eigenvalue weighted by Gasteiger charge is 2.31. The minimum Gasteiger partial charge on any atom is -0.453 e. The first kappa shape index (κ1) is 23.0. The molecule has 2 amide bonds. The number of aliphatic imine (C=N–C) groups is 1. The fraction of sp³-hybridized carbons (Fsp3) is 0.233. The number of carbonyl (C=O) groups excluding carboxylic acids is 2. The number of hydrogen-bond acceptors (Lipinski definition) is 4. The summed E-state index contributed by atoms with van der Waals surface area (Å²) in [4.78, 5) is 33.9. The topological polar surface area (TPSA) is 86.8 Å². The van der Waals surface area contributed by atoms with E-state index in [2.05, 4.69) is 86.8 Å². The summed E-state index contributed by atoms with van der Waals surface area (Å²) in [5, 5.41) is 3.60. The fourth-order valence-electron chi connectivity index (χ4n) is 5.36. The number of aromatic amines is 1. The second kappa shape index (κ2) is 9.58. The highest BCUT2D eigenvalue weighted by Crippen LogP contribution is 2.35. The number of rotatable bonds is 5. The lowest BCUT2D eigenvalue weighted by atomic mass is 9.98. The molecule has 1 unspecified atom stereocenters. The number of benzene rings is 3. The van der Waals surface area contributed by atoms with Crippen molar-refractivity contribution in [1.29, 1.82) is 0 Å². The number of H-pyrrole nitrogens is 1. The van der Waals surface area contributed by atoms with E-state index in [0.29, 0.717) is 6.54 Å². The largest absolute Gasteiger partial charge is 0.453 e. The van der Waals surface area contributed by atoms with Crippen molar-refractivity contribution in [2.24, 2.45) is 4.99 Å². The van der Waals surface area contributed by atoms with E-state index in [-0.39, 0.29) is 18.5 Å². The van der Waals surface area contributed by atoms with Crippen molar-refractivity contribution in [3.63, 3.8) is 0 Å². The number of nitrogens with zero attached hydrogens (tertiary/aromatic N) is 2. The molecule has 1 saturated heterocycles. The molecule has 7 heteroatoms. The number of likely N-dealkylation sites (tertiary alicyclic amines) is 1. The first-order chi connectivity index (χ1) is 18.1. The lowest BCUT2D eigenvalue weighted by Gasteiger charge is -2.24. The van der Waals surface area contributed by atoms with Gasteiger partial charge in [0.1, 0.15) is 6.54 Å². The molecule has 0 bridgehead atoms. The van der Waals surface area contributed by atoms with Gasteiger partial charge in [-0.2, -0.15) is 0 Å². The van der Waals surface area contributed by atoms with Crippen LogP contribution in [0.4, 0.5) is 10.5 Å². The number of methoxy groups -OCH3 is 1. The number of fused-ring (bicyclic) bond motifs is 2. The lowest BCUT2D eigenvalue weighted by Crippen LogP contribution is -2.39. The molecule has 0 radical (unpaired) electrons. The van der Waals surface area contributed by atoms with Gasteiger partial charge in [-0.15, -0.1) is 0 Å². The summed E-state index contributed by atoms with van der Waals surface area (Å²) in [5.74, 6) is -0.109. The third-order valence-corrected chi connectivity index (χ3v) is 7.32. The minimum absolute atomic E-state index is 0.0289. The van der Waals surface area contributed by atoms with Crippen LogP contribution in [0.5, 0.6) is 0 Å². The number of amides is 2. The van der Waals surface area contributed by atoms with Crippen LogP contribution >= 0.6 is 0 Å². The van der Waals surface area contributed by atoms with Crippen LogP contribution in [0.15, 0.2) is 71.7 Å². The Bertz CT molecular complexity index is 1520. The summed E-state index contributed by atoms with van der Waals surface area (Å²) in [6.07, 6.45) is 4.10. The van der Waals surface area contributed by atoms with Crippen molar-refractivity contribution < 1.29 is 14.3 Å². The van der Waals surface area contributed by atoms with Gasteiger partial charge in [-0.1, -0.05) is 42.5 Å². The van der Waals surface area contributed by atoms with Crippen LogP contribution in [0.2, 0.25) is 0 Å². The van der Waals surface area contributed by atoms with Crippen molar-refractivity contribution in [3.8, 4) is 22.3 Å². The van der Waals surface area contributed by atoms with Gasteiger partial charge in [-0.3, -0.25) is 9.79 Å². The molecule has 0 saturated carbocycles. The molecule has 3 aromatic carbocycles. The van der Waals surface area contributed by atoms with Crippen LogP contribution in [0.25, 0.3) is 33.2 Å². The molecule has 2 aliphatic heterocycles. The molecule has 1 atom stereocenters. The highest BCUT2D eigenvalue weighted by molar-refractivity contribution is 5.87. The van der Waals surface area contributed by atoms with E-state index in [4.69, 9.17) is 0 Å². The molecule has 186 valence electrons. The number of alkyl carbamates (subject to hydrolysis) is 1. The Morgan fingerprint density at radius 3 is 2.51 bits per heavy atom. The van der Waals surface area contributed by atoms with Crippen molar-refractivity contribution in [3.05, 3.63) is 78.0 Å². The molecule has 3 heterocycles. The van der Waals surface area contributed by atoms with Gasteiger partial charge in [0.15, 0.2) is 0 Å². The fourth-order valence-corrected chi connectivity index (χ4v) is 5.36. The molecule has 0 spiro atoms. The van der Waals surface area contributed by atoms with Gasteiger partial charge >= 0.3 is 6.09 Å². The molecule has 2 aliphatic rings. The van der Waals surface area contributed by atoms with Crippen LogP contribution in [0, 0.1) is 0 Å². The van der Waals surface area contributed by atoms with Gasteiger partial charge < -0.3 is 19.9 Å². The van der Waals surface area contributed by atoms with Crippen LogP contribution in [0.3, 0.4) is 0 Å². The van der Waals surface area contributed by atoms with Crippen molar-refractivity contribution in [1.82, 2.24) is 15.2 Å². The third-order valence-electron chi connectivity index (χ3n) is 7.32. The van der Waals surface area contributed by atoms with Gasteiger partial charge in [-0.25, -0.2) is 4.79 Å². The monoisotopic (exact) mass is 492 g/mol.